The molecule has 32 heavy (non-hydrogen) atoms. The van der Waals surface area contributed by atoms with Crippen molar-refractivity contribution in [1.29, 1.82) is 0 Å². The molecule has 1 aliphatic carbocycles. The minimum absolute atomic E-state index is 0.00795. The van der Waals surface area contributed by atoms with Crippen LogP contribution in [0.3, 0.4) is 0 Å². The summed E-state index contributed by atoms with van der Waals surface area (Å²) in [6.07, 6.45) is 5.78. The molecule has 2 heterocycles. The van der Waals surface area contributed by atoms with Crippen LogP contribution < -0.4 is 21.9 Å². The summed E-state index contributed by atoms with van der Waals surface area (Å²) in [5, 5.41) is 0. The number of nitrogens with zero attached hydrogens (tertiary/aromatic N) is 3. The Hall–Kier alpha value is -2.30. The summed E-state index contributed by atoms with van der Waals surface area (Å²) in [4.78, 5) is 44.0. The van der Waals surface area contributed by atoms with Crippen LogP contribution in [0.15, 0.2) is 9.59 Å². The number of nitrogen functional groups attached to an aromatic ring is 1. The van der Waals surface area contributed by atoms with Crippen molar-refractivity contribution < 1.29 is 13.2 Å². The summed E-state index contributed by atoms with van der Waals surface area (Å²) < 4.78 is 25.5. The first kappa shape index (κ1) is 24.3. The predicted octanol–water partition coefficient (Wildman–Crippen LogP) is 0.704. The first-order chi connectivity index (χ1) is 15.2. The Morgan fingerprint density at radius 2 is 1.84 bits per heavy atom. The van der Waals surface area contributed by atoms with Crippen molar-refractivity contribution in [2.75, 3.05) is 35.2 Å². The molecule has 0 bridgehead atoms. The fourth-order valence-electron chi connectivity index (χ4n) is 4.90. The molecule has 3 rings (SSSR count). The van der Waals surface area contributed by atoms with Crippen LogP contribution in [0, 0.1) is 0 Å². The van der Waals surface area contributed by atoms with E-state index in [0.29, 0.717) is 19.5 Å². The number of sulfone groups is 1. The summed E-state index contributed by atoms with van der Waals surface area (Å²) >= 11 is 0. The predicted molar refractivity (Wildman–Crippen MR) is 125 cm³/mol. The van der Waals surface area contributed by atoms with Crippen LogP contribution in [-0.2, 0) is 21.2 Å². The second-order valence-electron chi connectivity index (χ2n) is 8.81. The molecule has 1 saturated heterocycles. The number of hydrogen-bond acceptors (Lipinski definition) is 7. The number of hydrogen-bond donors (Lipinski definition) is 2. The Balaban J connectivity index is 1.90. The van der Waals surface area contributed by atoms with E-state index >= 15 is 0 Å². The summed E-state index contributed by atoms with van der Waals surface area (Å²) in [5.74, 6) is -0.0595. The van der Waals surface area contributed by atoms with Crippen molar-refractivity contribution in [3.63, 3.8) is 0 Å². The minimum Gasteiger partial charge on any atom is -0.383 e. The molecule has 11 heteroatoms. The van der Waals surface area contributed by atoms with Gasteiger partial charge in [0.15, 0.2) is 9.84 Å². The van der Waals surface area contributed by atoms with Crippen molar-refractivity contribution in [1.82, 2.24) is 14.5 Å². The number of aromatic amines is 1. The number of carbonyl (C=O) groups is 1. The lowest BCUT2D eigenvalue weighted by Gasteiger charge is -2.36. The molecule has 3 N–H and O–H groups in total. The van der Waals surface area contributed by atoms with Gasteiger partial charge in [0.1, 0.15) is 11.5 Å². The molecule has 10 nitrogen and oxygen atoms in total. The fourth-order valence-corrected chi connectivity index (χ4v) is 6.61. The van der Waals surface area contributed by atoms with E-state index in [4.69, 9.17) is 5.73 Å². The number of unbranched alkanes of at least 4 members (excludes halogenated alkanes) is 1. The number of nitrogens with two attached hydrogens (primary N) is 1. The molecule has 1 amide bonds. The van der Waals surface area contributed by atoms with Crippen molar-refractivity contribution in [2.24, 2.45) is 0 Å². The van der Waals surface area contributed by atoms with Crippen molar-refractivity contribution in [3.05, 3.63) is 20.8 Å². The average molecular weight is 470 g/mol. The van der Waals surface area contributed by atoms with Crippen LogP contribution >= 0.6 is 0 Å². The quantitative estimate of drug-likeness (QED) is 0.543. The number of carbonyl (C=O) groups excluding carboxylic acids is 1. The molecule has 1 unspecified atom stereocenters. The van der Waals surface area contributed by atoms with E-state index in [2.05, 4.69) is 4.98 Å². The second kappa shape index (κ2) is 10.1. The van der Waals surface area contributed by atoms with Gasteiger partial charge in [-0.3, -0.25) is 19.1 Å². The van der Waals surface area contributed by atoms with E-state index in [1.807, 2.05) is 13.8 Å². The van der Waals surface area contributed by atoms with Gasteiger partial charge in [0.25, 0.3) is 5.56 Å². The number of nitrogens with one attached hydrogen (secondary N) is 1. The summed E-state index contributed by atoms with van der Waals surface area (Å²) in [5.41, 5.74) is 5.16. The SMILES string of the molecule is CCCCn1c(N)c(N(CC)CC(=O)N(C2CCCC2)C2CCS(=O)(=O)C2)c(=O)[nH]c1=O. The van der Waals surface area contributed by atoms with E-state index in [0.717, 1.165) is 38.5 Å². The normalized spacial score (nSPS) is 20.5. The summed E-state index contributed by atoms with van der Waals surface area (Å²) in [6, 6.07) is -0.308. The minimum atomic E-state index is -3.14. The molecular formula is C21H35N5O5S. The highest BCUT2D eigenvalue weighted by atomic mass is 32.2. The molecule has 1 saturated carbocycles. The zero-order valence-corrected chi connectivity index (χ0v) is 19.8. The summed E-state index contributed by atoms with van der Waals surface area (Å²) in [6.45, 7) is 4.43. The van der Waals surface area contributed by atoms with Crippen LogP contribution in [0.25, 0.3) is 0 Å². The van der Waals surface area contributed by atoms with Crippen molar-refractivity contribution >= 4 is 27.2 Å². The molecule has 180 valence electrons. The van der Waals surface area contributed by atoms with Gasteiger partial charge in [-0.05, 0) is 32.6 Å². The molecular weight excluding hydrogens is 434 g/mol. The molecule has 1 aliphatic heterocycles. The van der Waals surface area contributed by atoms with Crippen LogP contribution in [0.1, 0.15) is 58.8 Å². The number of rotatable bonds is 9. The Morgan fingerprint density at radius 3 is 2.41 bits per heavy atom. The summed E-state index contributed by atoms with van der Waals surface area (Å²) in [7, 11) is -3.14. The third-order valence-corrected chi connectivity index (χ3v) is 8.33. The van der Waals surface area contributed by atoms with Gasteiger partial charge in [-0.15, -0.1) is 0 Å². The number of aromatic nitrogens is 2. The molecule has 1 aromatic heterocycles. The van der Waals surface area contributed by atoms with E-state index in [-0.39, 0.29) is 47.5 Å². The Bertz CT molecular complexity index is 1040. The third-order valence-electron chi connectivity index (χ3n) is 6.58. The lowest BCUT2D eigenvalue weighted by atomic mass is 10.1. The van der Waals surface area contributed by atoms with Gasteiger partial charge < -0.3 is 15.5 Å². The zero-order valence-electron chi connectivity index (χ0n) is 19.0. The van der Waals surface area contributed by atoms with Crippen LogP contribution in [-0.4, -0.2) is 65.5 Å². The smallest absolute Gasteiger partial charge is 0.330 e. The maximum Gasteiger partial charge on any atom is 0.330 e. The van der Waals surface area contributed by atoms with Crippen LogP contribution in [0.5, 0.6) is 0 Å². The highest BCUT2D eigenvalue weighted by Crippen LogP contribution is 2.29. The zero-order chi connectivity index (χ0) is 23.5. The Morgan fingerprint density at radius 1 is 1.16 bits per heavy atom. The molecule has 1 aromatic rings. The topological polar surface area (TPSA) is 139 Å². The first-order valence-corrected chi connectivity index (χ1v) is 13.4. The molecule has 0 spiro atoms. The number of anilines is 2. The van der Waals surface area contributed by atoms with Crippen LogP contribution in [0.4, 0.5) is 11.5 Å². The number of likely N-dealkylation sites (N-methyl/N-ethyl adjacent to an activating group) is 1. The average Bonchev–Trinajstić information content (AvgIpc) is 3.37. The molecule has 1 atom stereocenters. The number of H-pyrrole nitrogens is 1. The van der Waals surface area contributed by atoms with Gasteiger partial charge in [0.2, 0.25) is 5.91 Å². The van der Waals surface area contributed by atoms with Gasteiger partial charge >= 0.3 is 5.69 Å². The van der Waals surface area contributed by atoms with Gasteiger partial charge in [0, 0.05) is 25.2 Å². The highest BCUT2D eigenvalue weighted by molar-refractivity contribution is 7.91. The standard InChI is InChI=1S/C21H35N5O5S/c1-3-5-11-25-19(22)18(20(28)23-21(25)29)24(4-2)13-17(27)26(15-8-6-7-9-15)16-10-12-32(30,31)14-16/h15-16H,3-14,22H2,1-2H3,(H,23,28,29). The first-order valence-electron chi connectivity index (χ1n) is 11.6. The Kier molecular flexibility index (Phi) is 7.68. The molecule has 2 fully saturated rings. The van der Waals surface area contributed by atoms with Crippen molar-refractivity contribution in [2.45, 2.75) is 77.4 Å². The maximum atomic E-state index is 13.5. The molecule has 0 radical (unpaired) electrons. The van der Waals surface area contributed by atoms with Gasteiger partial charge in [-0.1, -0.05) is 26.2 Å². The second-order valence-corrected chi connectivity index (χ2v) is 11.0. The van der Waals surface area contributed by atoms with E-state index in [1.54, 1.807) is 9.80 Å². The maximum absolute atomic E-state index is 13.5. The van der Waals surface area contributed by atoms with E-state index in [1.165, 1.54) is 4.57 Å². The molecule has 2 aliphatic rings. The highest BCUT2D eigenvalue weighted by Gasteiger charge is 2.39. The lowest BCUT2D eigenvalue weighted by molar-refractivity contribution is -0.134. The molecule has 0 aromatic carbocycles. The largest absolute Gasteiger partial charge is 0.383 e. The fraction of sp³-hybridized carbons (Fsp3) is 0.762. The van der Waals surface area contributed by atoms with Crippen LogP contribution in [0.2, 0.25) is 0 Å². The monoisotopic (exact) mass is 469 g/mol. The third kappa shape index (κ3) is 5.19. The van der Waals surface area contributed by atoms with Gasteiger partial charge in [-0.2, -0.15) is 0 Å². The van der Waals surface area contributed by atoms with E-state index < -0.39 is 21.1 Å². The van der Waals surface area contributed by atoms with Gasteiger partial charge in [0.05, 0.1) is 18.1 Å². The number of amides is 1. The van der Waals surface area contributed by atoms with Crippen molar-refractivity contribution in [3.8, 4) is 0 Å². The lowest BCUT2D eigenvalue weighted by Crippen LogP contribution is -2.51. The van der Waals surface area contributed by atoms with Gasteiger partial charge in [-0.25, -0.2) is 13.2 Å². The Labute approximate surface area is 188 Å². The van der Waals surface area contributed by atoms with E-state index in [9.17, 15) is 22.8 Å².